The smallest absolute Gasteiger partial charge is 0.255 e. The molecule has 6 nitrogen and oxygen atoms in total. The third-order valence-electron chi connectivity index (χ3n) is 7.03. The fourth-order valence-electron chi connectivity index (χ4n) is 5.09. The normalized spacial score (nSPS) is 21.0. The van der Waals surface area contributed by atoms with Crippen LogP contribution in [0.1, 0.15) is 53.8 Å². The highest BCUT2D eigenvalue weighted by Gasteiger charge is 2.33. The summed E-state index contributed by atoms with van der Waals surface area (Å²) >= 11 is 0. The van der Waals surface area contributed by atoms with Crippen molar-refractivity contribution in [2.24, 2.45) is 11.8 Å². The lowest BCUT2D eigenvalue weighted by atomic mass is 9.75. The van der Waals surface area contributed by atoms with Crippen LogP contribution in [-0.4, -0.2) is 43.8 Å². The molecule has 3 aromatic rings. The lowest BCUT2D eigenvalue weighted by molar-refractivity contribution is 0.0520. The van der Waals surface area contributed by atoms with Crippen LogP contribution in [0, 0.1) is 25.7 Å². The third kappa shape index (κ3) is 3.99. The molecule has 1 aliphatic heterocycles. The van der Waals surface area contributed by atoms with E-state index >= 15 is 0 Å². The fourth-order valence-corrected chi connectivity index (χ4v) is 5.09. The maximum Gasteiger partial charge on any atom is 0.255 e. The van der Waals surface area contributed by atoms with Gasteiger partial charge >= 0.3 is 0 Å². The molecule has 0 bridgehead atoms. The Bertz CT molecular complexity index is 1090. The molecular formula is C25H29N5O. The molecule has 0 spiro atoms. The second-order valence-electron chi connectivity index (χ2n) is 9.03. The van der Waals surface area contributed by atoms with Gasteiger partial charge in [-0.2, -0.15) is 0 Å². The Morgan fingerprint density at radius 3 is 2.71 bits per heavy atom. The van der Waals surface area contributed by atoms with E-state index in [9.17, 15) is 4.79 Å². The molecule has 1 aliphatic carbocycles. The molecule has 5 rings (SSSR count). The van der Waals surface area contributed by atoms with Crippen LogP contribution in [0.4, 0.5) is 0 Å². The summed E-state index contributed by atoms with van der Waals surface area (Å²) in [5.74, 6) is 2.34. The number of hydrogen-bond donors (Lipinski definition) is 1. The minimum atomic E-state index is 0.102. The van der Waals surface area contributed by atoms with Crippen LogP contribution in [0.3, 0.4) is 0 Å². The van der Waals surface area contributed by atoms with E-state index in [2.05, 4.69) is 19.9 Å². The van der Waals surface area contributed by atoms with Crippen LogP contribution in [0.25, 0.3) is 22.6 Å². The van der Waals surface area contributed by atoms with Crippen molar-refractivity contribution in [1.29, 1.82) is 0 Å². The molecule has 6 heteroatoms. The Balaban J connectivity index is 1.38. The minimum absolute atomic E-state index is 0.102. The van der Waals surface area contributed by atoms with E-state index in [1.807, 2.05) is 43.1 Å². The number of fused-ring (bicyclic) bond motifs is 1. The molecule has 0 aromatic carbocycles. The number of nitrogens with one attached hydrogen (secondary N) is 1. The third-order valence-corrected chi connectivity index (χ3v) is 7.03. The Kier molecular flexibility index (Phi) is 5.30. The lowest BCUT2D eigenvalue weighted by Gasteiger charge is -2.41. The fraction of sp³-hybridized carbons (Fsp3) is 0.440. The SMILES string of the molecule is Cc1nc(-c2cc(-c3cncc(C(=O)N4CC[C@H]5CCCC[C@@H]5C4)c3)ccn2)[nH]c1C. The number of piperidine rings is 1. The number of aryl methyl sites for hydroxylation is 2. The molecular weight excluding hydrogens is 386 g/mol. The Morgan fingerprint density at radius 2 is 1.90 bits per heavy atom. The second-order valence-corrected chi connectivity index (χ2v) is 9.03. The molecule has 0 unspecified atom stereocenters. The highest BCUT2D eigenvalue weighted by Crippen LogP contribution is 2.36. The Morgan fingerprint density at radius 1 is 1.06 bits per heavy atom. The van der Waals surface area contributed by atoms with Crippen molar-refractivity contribution in [3.05, 3.63) is 53.7 Å². The van der Waals surface area contributed by atoms with Gasteiger partial charge in [0.15, 0.2) is 5.82 Å². The first-order chi connectivity index (χ1) is 15.1. The molecule has 4 heterocycles. The summed E-state index contributed by atoms with van der Waals surface area (Å²) < 4.78 is 0. The van der Waals surface area contributed by atoms with Crippen molar-refractivity contribution < 1.29 is 4.79 Å². The van der Waals surface area contributed by atoms with E-state index in [0.717, 1.165) is 59.5 Å². The van der Waals surface area contributed by atoms with Crippen molar-refractivity contribution >= 4 is 5.91 Å². The molecule has 2 aliphatic rings. The maximum atomic E-state index is 13.2. The van der Waals surface area contributed by atoms with Crippen molar-refractivity contribution in [1.82, 2.24) is 24.8 Å². The highest BCUT2D eigenvalue weighted by atomic mass is 16.2. The number of aromatic amines is 1. The van der Waals surface area contributed by atoms with Crippen LogP contribution in [0.5, 0.6) is 0 Å². The zero-order valence-electron chi connectivity index (χ0n) is 18.3. The summed E-state index contributed by atoms with van der Waals surface area (Å²) in [4.78, 5) is 32.0. The molecule has 31 heavy (non-hydrogen) atoms. The van der Waals surface area contributed by atoms with Crippen LogP contribution < -0.4 is 0 Å². The number of carbonyl (C=O) groups excluding carboxylic acids is 1. The summed E-state index contributed by atoms with van der Waals surface area (Å²) in [6.45, 7) is 5.74. The van der Waals surface area contributed by atoms with Gasteiger partial charge in [0.1, 0.15) is 5.69 Å². The number of rotatable bonds is 3. The van der Waals surface area contributed by atoms with Gasteiger partial charge in [-0.3, -0.25) is 14.8 Å². The summed E-state index contributed by atoms with van der Waals surface area (Å²) in [7, 11) is 0. The second kappa shape index (κ2) is 8.25. The first-order valence-electron chi connectivity index (χ1n) is 11.3. The average molecular weight is 416 g/mol. The number of likely N-dealkylation sites (tertiary alicyclic amines) is 1. The summed E-state index contributed by atoms with van der Waals surface area (Å²) in [6, 6.07) is 5.90. The molecule has 0 radical (unpaired) electrons. The molecule has 3 aromatic heterocycles. The Hall–Kier alpha value is -3.02. The summed E-state index contributed by atoms with van der Waals surface area (Å²) in [5, 5.41) is 0. The van der Waals surface area contributed by atoms with Crippen molar-refractivity contribution in [2.45, 2.75) is 46.0 Å². The number of nitrogens with zero attached hydrogens (tertiary/aromatic N) is 4. The summed E-state index contributed by atoms with van der Waals surface area (Å²) in [6.07, 6.45) is 11.7. The van der Waals surface area contributed by atoms with E-state index < -0.39 is 0 Å². The van der Waals surface area contributed by atoms with E-state index in [1.165, 1.54) is 25.7 Å². The monoisotopic (exact) mass is 415 g/mol. The number of amides is 1. The van der Waals surface area contributed by atoms with Crippen molar-refractivity contribution in [3.8, 4) is 22.6 Å². The van der Waals surface area contributed by atoms with Crippen LogP contribution >= 0.6 is 0 Å². The van der Waals surface area contributed by atoms with Gasteiger partial charge in [0.2, 0.25) is 0 Å². The van der Waals surface area contributed by atoms with Gasteiger partial charge in [0.25, 0.3) is 5.91 Å². The Labute approximate surface area is 183 Å². The predicted molar refractivity (Wildman–Crippen MR) is 120 cm³/mol. The van der Waals surface area contributed by atoms with Gasteiger partial charge in [-0.1, -0.05) is 19.3 Å². The first kappa shape index (κ1) is 19.9. The molecule has 1 saturated carbocycles. The number of hydrogen-bond acceptors (Lipinski definition) is 4. The molecule has 1 amide bonds. The largest absolute Gasteiger partial charge is 0.341 e. The summed E-state index contributed by atoms with van der Waals surface area (Å²) in [5.41, 5.74) is 5.35. The predicted octanol–water partition coefficient (Wildman–Crippen LogP) is 4.80. The molecule has 2 fully saturated rings. The minimum Gasteiger partial charge on any atom is -0.341 e. The highest BCUT2D eigenvalue weighted by molar-refractivity contribution is 5.95. The van der Waals surface area contributed by atoms with Crippen molar-refractivity contribution in [2.75, 3.05) is 13.1 Å². The quantitative estimate of drug-likeness (QED) is 0.667. The zero-order valence-corrected chi connectivity index (χ0v) is 18.3. The number of imidazole rings is 1. The van der Waals surface area contributed by atoms with Gasteiger partial charge in [0.05, 0.1) is 11.3 Å². The van der Waals surface area contributed by atoms with Gasteiger partial charge < -0.3 is 9.88 Å². The molecule has 160 valence electrons. The van der Waals surface area contributed by atoms with Gasteiger partial charge in [0, 0.05) is 42.9 Å². The molecule has 1 saturated heterocycles. The van der Waals surface area contributed by atoms with Crippen LogP contribution in [0.2, 0.25) is 0 Å². The van der Waals surface area contributed by atoms with Gasteiger partial charge in [-0.05, 0) is 62.3 Å². The van der Waals surface area contributed by atoms with Crippen LogP contribution in [0.15, 0.2) is 36.8 Å². The molecule has 1 N–H and O–H groups in total. The lowest BCUT2D eigenvalue weighted by Crippen LogP contribution is -2.44. The van der Waals surface area contributed by atoms with Crippen LogP contribution in [-0.2, 0) is 0 Å². The zero-order chi connectivity index (χ0) is 21.4. The maximum absolute atomic E-state index is 13.2. The first-order valence-corrected chi connectivity index (χ1v) is 11.3. The standard InChI is InChI=1S/C25H29N5O/c1-16-17(2)29-24(28-16)23-12-19(7-9-27-23)21-11-22(14-26-13-21)25(31)30-10-8-18-5-3-4-6-20(18)15-30/h7,9,11-14,18,20H,3-6,8,10,15H2,1-2H3,(H,28,29)/t18-,20-/m1/s1. The number of aromatic nitrogens is 4. The van der Waals surface area contributed by atoms with Gasteiger partial charge in [-0.25, -0.2) is 4.98 Å². The van der Waals surface area contributed by atoms with Gasteiger partial charge in [-0.15, -0.1) is 0 Å². The van der Waals surface area contributed by atoms with E-state index in [-0.39, 0.29) is 5.91 Å². The van der Waals surface area contributed by atoms with Crippen molar-refractivity contribution in [3.63, 3.8) is 0 Å². The van der Waals surface area contributed by atoms with E-state index in [1.54, 1.807) is 12.4 Å². The van der Waals surface area contributed by atoms with E-state index in [4.69, 9.17) is 0 Å². The number of H-pyrrole nitrogens is 1. The average Bonchev–Trinajstić information content (AvgIpc) is 3.16. The molecule has 2 atom stereocenters. The van der Waals surface area contributed by atoms with E-state index in [0.29, 0.717) is 11.5 Å². The number of carbonyl (C=O) groups is 1. The number of pyridine rings is 2. The topological polar surface area (TPSA) is 74.8 Å².